The Morgan fingerprint density at radius 2 is 2.00 bits per heavy atom. The van der Waals surface area contributed by atoms with Gasteiger partial charge in [0.25, 0.3) is 0 Å². The first-order valence-electron chi connectivity index (χ1n) is 7.23. The van der Waals surface area contributed by atoms with E-state index >= 15 is 0 Å². The number of terminal acetylenes is 1. The van der Waals surface area contributed by atoms with Crippen LogP contribution in [0.4, 0.5) is 0 Å². The Labute approximate surface area is 117 Å². The van der Waals surface area contributed by atoms with Crippen LogP contribution in [0.5, 0.6) is 0 Å². The second-order valence-electron chi connectivity index (χ2n) is 5.51. The predicted molar refractivity (Wildman–Crippen MR) is 81.0 cm³/mol. The van der Waals surface area contributed by atoms with Crippen LogP contribution >= 0.6 is 0 Å². The Kier molecular flexibility index (Phi) is 5.44. The first kappa shape index (κ1) is 14.1. The second kappa shape index (κ2) is 7.33. The highest BCUT2D eigenvalue weighted by molar-refractivity contribution is 5.15. The first-order chi connectivity index (χ1) is 9.28. The third-order valence-corrected chi connectivity index (χ3v) is 3.81. The zero-order valence-corrected chi connectivity index (χ0v) is 11.8. The minimum Gasteiger partial charge on any atom is -0.311 e. The molecule has 2 rings (SSSR count). The SMILES string of the molecule is C#CCN1CCC(NC(C)Cc2ccccc2)CC1. The van der Waals surface area contributed by atoms with Gasteiger partial charge in [-0.25, -0.2) is 0 Å². The minimum atomic E-state index is 0.534. The van der Waals surface area contributed by atoms with E-state index in [1.165, 1.54) is 18.4 Å². The fourth-order valence-corrected chi connectivity index (χ4v) is 2.82. The van der Waals surface area contributed by atoms with Crippen LogP contribution in [-0.4, -0.2) is 36.6 Å². The third-order valence-electron chi connectivity index (χ3n) is 3.81. The molecule has 1 aromatic carbocycles. The van der Waals surface area contributed by atoms with Gasteiger partial charge in [-0.2, -0.15) is 0 Å². The van der Waals surface area contributed by atoms with Gasteiger partial charge in [-0.05, 0) is 31.7 Å². The van der Waals surface area contributed by atoms with E-state index in [0.717, 1.165) is 26.1 Å². The maximum absolute atomic E-state index is 5.35. The number of rotatable bonds is 5. The number of hydrogen-bond donors (Lipinski definition) is 1. The highest BCUT2D eigenvalue weighted by Gasteiger charge is 2.19. The van der Waals surface area contributed by atoms with Crippen molar-refractivity contribution in [3.05, 3.63) is 35.9 Å². The molecule has 19 heavy (non-hydrogen) atoms. The molecule has 102 valence electrons. The molecule has 0 amide bonds. The van der Waals surface area contributed by atoms with Gasteiger partial charge < -0.3 is 5.32 Å². The average Bonchev–Trinajstić information content (AvgIpc) is 2.42. The molecule has 1 aromatic rings. The van der Waals surface area contributed by atoms with E-state index in [9.17, 15) is 0 Å². The van der Waals surface area contributed by atoms with Gasteiger partial charge in [0.15, 0.2) is 0 Å². The minimum absolute atomic E-state index is 0.534. The van der Waals surface area contributed by atoms with E-state index in [-0.39, 0.29) is 0 Å². The molecule has 1 saturated heterocycles. The predicted octanol–water partition coefficient (Wildman–Crippen LogP) is 2.30. The van der Waals surface area contributed by atoms with Crippen molar-refractivity contribution in [1.82, 2.24) is 10.2 Å². The summed E-state index contributed by atoms with van der Waals surface area (Å²) in [6, 6.07) is 11.9. The Morgan fingerprint density at radius 1 is 1.32 bits per heavy atom. The van der Waals surface area contributed by atoms with E-state index in [0.29, 0.717) is 12.1 Å². The van der Waals surface area contributed by atoms with Crippen LogP contribution < -0.4 is 5.32 Å². The molecule has 2 heteroatoms. The lowest BCUT2D eigenvalue weighted by Gasteiger charge is -2.33. The van der Waals surface area contributed by atoms with E-state index in [1.54, 1.807) is 0 Å². The lowest BCUT2D eigenvalue weighted by atomic mass is 10.0. The second-order valence-corrected chi connectivity index (χ2v) is 5.51. The topological polar surface area (TPSA) is 15.3 Å². The highest BCUT2D eigenvalue weighted by atomic mass is 15.1. The van der Waals surface area contributed by atoms with Gasteiger partial charge in [0.05, 0.1) is 6.54 Å². The number of nitrogens with one attached hydrogen (secondary N) is 1. The summed E-state index contributed by atoms with van der Waals surface area (Å²) in [5.41, 5.74) is 1.41. The molecular formula is C17H24N2. The van der Waals surface area contributed by atoms with Gasteiger partial charge in [-0.3, -0.25) is 4.90 Å². The van der Waals surface area contributed by atoms with E-state index in [2.05, 4.69) is 53.4 Å². The van der Waals surface area contributed by atoms with Gasteiger partial charge in [-0.1, -0.05) is 36.3 Å². The maximum Gasteiger partial charge on any atom is 0.0598 e. The number of nitrogens with zero attached hydrogens (tertiary/aromatic N) is 1. The summed E-state index contributed by atoms with van der Waals surface area (Å²) in [5, 5.41) is 3.75. The van der Waals surface area contributed by atoms with Gasteiger partial charge in [0.2, 0.25) is 0 Å². The van der Waals surface area contributed by atoms with Crippen LogP contribution in [0.1, 0.15) is 25.3 Å². The van der Waals surface area contributed by atoms with Gasteiger partial charge >= 0.3 is 0 Å². The number of likely N-dealkylation sites (tertiary alicyclic amines) is 1. The van der Waals surface area contributed by atoms with Crippen LogP contribution in [0.2, 0.25) is 0 Å². The fraction of sp³-hybridized carbons (Fsp3) is 0.529. The van der Waals surface area contributed by atoms with Crippen LogP contribution in [-0.2, 0) is 6.42 Å². The Hall–Kier alpha value is -1.30. The molecule has 2 nitrogen and oxygen atoms in total. The summed E-state index contributed by atoms with van der Waals surface area (Å²) in [7, 11) is 0. The molecular weight excluding hydrogens is 232 g/mol. The van der Waals surface area contributed by atoms with Crippen molar-refractivity contribution in [2.24, 2.45) is 0 Å². The molecule has 0 aromatic heterocycles. The molecule has 1 aliphatic rings. The number of benzene rings is 1. The quantitative estimate of drug-likeness (QED) is 0.813. The normalized spacial score (nSPS) is 18.9. The summed E-state index contributed by atoms with van der Waals surface area (Å²) in [6.07, 6.45) is 8.87. The highest BCUT2D eigenvalue weighted by Crippen LogP contribution is 2.11. The van der Waals surface area contributed by atoms with Crippen LogP contribution in [0.25, 0.3) is 0 Å². The monoisotopic (exact) mass is 256 g/mol. The average molecular weight is 256 g/mol. The van der Waals surface area contributed by atoms with Crippen molar-refractivity contribution < 1.29 is 0 Å². The zero-order chi connectivity index (χ0) is 13.5. The van der Waals surface area contributed by atoms with E-state index < -0.39 is 0 Å². The molecule has 0 bridgehead atoms. The lowest BCUT2D eigenvalue weighted by molar-refractivity contribution is 0.210. The standard InChI is InChI=1S/C17H24N2/c1-3-11-19-12-9-17(10-13-19)18-15(2)14-16-7-5-4-6-8-16/h1,4-8,15,17-18H,9-14H2,2H3. The van der Waals surface area contributed by atoms with Crippen LogP contribution in [0.3, 0.4) is 0 Å². The lowest BCUT2D eigenvalue weighted by Crippen LogP contribution is -2.46. The largest absolute Gasteiger partial charge is 0.311 e. The summed E-state index contributed by atoms with van der Waals surface area (Å²) in [6.45, 7) is 5.33. The third kappa shape index (κ3) is 4.70. The maximum atomic E-state index is 5.35. The summed E-state index contributed by atoms with van der Waals surface area (Å²) in [4.78, 5) is 2.36. The molecule has 1 N–H and O–H groups in total. The Morgan fingerprint density at radius 3 is 2.63 bits per heavy atom. The fourth-order valence-electron chi connectivity index (χ4n) is 2.82. The number of hydrogen-bond acceptors (Lipinski definition) is 2. The van der Waals surface area contributed by atoms with Crippen molar-refractivity contribution >= 4 is 0 Å². The van der Waals surface area contributed by atoms with Gasteiger partial charge in [0.1, 0.15) is 0 Å². The van der Waals surface area contributed by atoms with Crippen LogP contribution in [0.15, 0.2) is 30.3 Å². The smallest absolute Gasteiger partial charge is 0.0598 e. The van der Waals surface area contributed by atoms with Crippen LogP contribution in [0, 0.1) is 12.3 Å². The zero-order valence-electron chi connectivity index (χ0n) is 11.8. The summed E-state index contributed by atoms with van der Waals surface area (Å²) >= 11 is 0. The van der Waals surface area contributed by atoms with Gasteiger partial charge in [0, 0.05) is 25.2 Å². The molecule has 0 aliphatic carbocycles. The summed E-state index contributed by atoms with van der Waals surface area (Å²) < 4.78 is 0. The molecule has 1 fully saturated rings. The molecule has 0 spiro atoms. The Bertz CT molecular complexity index is 399. The molecule has 1 unspecified atom stereocenters. The number of piperidine rings is 1. The van der Waals surface area contributed by atoms with Crippen molar-refractivity contribution in [1.29, 1.82) is 0 Å². The first-order valence-corrected chi connectivity index (χ1v) is 7.23. The molecule has 0 saturated carbocycles. The van der Waals surface area contributed by atoms with Crippen molar-refractivity contribution in [2.45, 2.75) is 38.3 Å². The molecule has 1 aliphatic heterocycles. The van der Waals surface area contributed by atoms with Crippen molar-refractivity contribution in [2.75, 3.05) is 19.6 Å². The van der Waals surface area contributed by atoms with Crippen molar-refractivity contribution in [3.63, 3.8) is 0 Å². The molecule has 1 atom stereocenters. The molecule has 1 heterocycles. The summed E-state index contributed by atoms with van der Waals surface area (Å²) in [5.74, 6) is 2.73. The van der Waals surface area contributed by atoms with E-state index in [4.69, 9.17) is 6.42 Å². The van der Waals surface area contributed by atoms with Crippen molar-refractivity contribution in [3.8, 4) is 12.3 Å². The van der Waals surface area contributed by atoms with Gasteiger partial charge in [-0.15, -0.1) is 6.42 Å². The molecule has 0 radical (unpaired) electrons. The van der Waals surface area contributed by atoms with E-state index in [1.807, 2.05) is 0 Å². The Balaban J connectivity index is 1.72.